The summed E-state index contributed by atoms with van der Waals surface area (Å²) in [5, 5.41) is 6.29. The van der Waals surface area contributed by atoms with Crippen LogP contribution in [0.4, 0.5) is 0 Å². The number of benzene rings is 2. The molecule has 0 saturated heterocycles. The first-order valence-electron chi connectivity index (χ1n) is 8.10. The fourth-order valence-electron chi connectivity index (χ4n) is 2.81. The van der Waals surface area contributed by atoms with Crippen molar-refractivity contribution in [1.29, 1.82) is 0 Å². The van der Waals surface area contributed by atoms with E-state index in [0.29, 0.717) is 16.6 Å². The molecular formula is C20H18Cl3N3. The first kappa shape index (κ1) is 18.8. The summed E-state index contributed by atoms with van der Waals surface area (Å²) in [7, 11) is 0. The molecule has 0 aliphatic heterocycles. The van der Waals surface area contributed by atoms with Gasteiger partial charge >= 0.3 is 0 Å². The third kappa shape index (κ3) is 4.24. The first-order chi connectivity index (χ1) is 12.5. The number of nitrogens with one attached hydrogen (secondary N) is 1. The van der Waals surface area contributed by atoms with Crippen LogP contribution in [-0.4, -0.2) is 10.8 Å². The van der Waals surface area contributed by atoms with Crippen LogP contribution < -0.4 is 5.43 Å². The fourth-order valence-corrected chi connectivity index (χ4v) is 3.43. The second-order valence-electron chi connectivity index (χ2n) is 5.98. The number of hydrazone groups is 1. The van der Waals surface area contributed by atoms with Gasteiger partial charge in [0.2, 0.25) is 0 Å². The van der Waals surface area contributed by atoms with Crippen LogP contribution in [0.2, 0.25) is 15.1 Å². The maximum Gasteiger partial charge on any atom is 0.0661 e. The van der Waals surface area contributed by atoms with Crippen LogP contribution >= 0.6 is 34.8 Å². The van der Waals surface area contributed by atoms with Crippen LogP contribution in [0.1, 0.15) is 22.5 Å². The molecule has 0 atom stereocenters. The van der Waals surface area contributed by atoms with Gasteiger partial charge in [0.25, 0.3) is 0 Å². The molecule has 0 unspecified atom stereocenters. The molecule has 3 rings (SSSR count). The Bertz CT molecular complexity index is 944. The summed E-state index contributed by atoms with van der Waals surface area (Å²) in [6, 6.07) is 15.3. The average molecular weight is 407 g/mol. The van der Waals surface area contributed by atoms with E-state index in [4.69, 9.17) is 34.8 Å². The summed E-state index contributed by atoms with van der Waals surface area (Å²) >= 11 is 18.3. The fraction of sp³-hybridized carbons (Fsp3) is 0.150. The number of aromatic nitrogens is 1. The van der Waals surface area contributed by atoms with Crippen molar-refractivity contribution in [2.75, 3.05) is 0 Å². The van der Waals surface area contributed by atoms with Crippen LogP contribution in [-0.2, 0) is 6.54 Å². The number of nitrogens with zero attached hydrogens (tertiary/aromatic N) is 2. The molecule has 0 aliphatic carbocycles. The highest BCUT2D eigenvalue weighted by molar-refractivity contribution is 6.35. The topological polar surface area (TPSA) is 29.3 Å². The number of rotatable bonds is 5. The third-order valence-electron chi connectivity index (χ3n) is 4.11. The first-order valence-corrected chi connectivity index (χ1v) is 9.24. The van der Waals surface area contributed by atoms with Crippen LogP contribution in [0.3, 0.4) is 0 Å². The van der Waals surface area contributed by atoms with Crippen LogP contribution in [0, 0.1) is 13.8 Å². The van der Waals surface area contributed by atoms with E-state index in [1.165, 1.54) is 0 Å². The Morgan fingerprint density at radius 2 is 1.65 bits per heavy atom. The van der Waals surface area contributed by atoms with Crippen molar-refractivity contribution in [3.8, 4) is 5.69 Å². The minimum Gasteiger partial charge on any atom is -0.316 e. The van der Waals surface area contributed by atoms with Crippen LogP contribution in [0.25, 0.3) is 5.69 Å². The van der Waals surface area contributed by atoms with Crippen molar-refractivity contribution < 1.29 is 0 Å². The molecule has 0 fully saturated rings. The van der Waals surface area contributed by atoms with Crippen molar-refractivity contribution in [2.45, 2.75) is 20.4 Å². The lowest BCUT2D eigenvalue weighted by molar-refractivity contribution is 0.748. The Hall–Kier alpha value is -1.94. The average Bonchev–Trinajstić information content (AvgIpc) is 2.88. The summed E-state index contributed by atoms with van der Waals surface area (Å²) in [6.45, 7) is 4.71. The van der Waals surface area contributed by atoms with Crippen molar-refractivity contribution in [3.05, 3.63) is 86.1 Å². The van der Waals surface area contributed by atoms with E-state index in [1.54, 1.807) is 6.07 Å². The normalized spacial score (nSPS) is 11.3. The molecule has 1 aromatic heterocycles. The standard InChI is InChI=1S/C20H18Cl3N3/c1-13-9-16(12-25-24-11-15-3-5-17(21)6-4-15)14(2)26(13)20-8-7-18(22)10-19(20)23/h3-10,12,24H,11H2,1-2H3/b25-12-. The van der Waals surface area contributed by atoms with Crippen molar-refractivity contribution >= 4 is 41.0 Å². The monoisotopic (exact) mass is 405 g/mol. The summed E-state index contributed by atoms with van der Waals surface area (Å²) in [5.41, 5.74) is 8.24. The van der Waals surface area contributed by atoms with E-state index in [2.05, 4.69) is 21.2 Å². The lowest BCUT2D eigenvalue weighted by atomic mass is 10.2. The van der Waals surface area contributed by atoms with Crippen molar-refractivity contribution in [3.63, 3.8) is 0 Å². The Balaban J connectivity index is 1.76. The quantitative estimate of drug-likeness (QED) is 0.398. The van der Waals surface area contributed by atoms with Gasteiger partial charge < -0.3 is 9.99 Å². The van der Waals surface area contributed by atoms with Gasteiger partial charge in [0.15, 0.2) is 0 Å². The van der Waals surface area contributed by atoms with Crippen molar-refractivity contribution in [1.82, 2.24) is 9.99 Å². The predicted octanol–water partition coefficient (Wildman–Crippen LogP) is 6.18. The van der Waals surface area contributed by atoms with E-state index in [1.807, 2.05) is 56.5 Å². The van der Waals surface area contributed by atoms with Gasteiger partial charge in [-0.3, -0.25) is 0 Å². The highest BCUT2D eigenvalue weighted by atomic mass is 35.5. The van der Waals surface area contributed by atoms with E-state index >= 15 is 0 Å². The molecule has 6 heteroatoms. The molecule has 0 aliphatic rings. The largest absolute Gasteiger partial charge is 0.316 e. The maximum absolute atomic E-state index is 6.36. The molecule has 0 bridgehead atoms. The van der Waals surface area contributed by atoms with Gasteiger partial charge in [-0.1, -0.05) is 46.9 Å². The van der Waals surface area contributed by atoms with Gasteiger partial charge in [-0.05, 0) is 55.8 Å². The molecule has 1 N–H and O–H groups in total. The number of aryl methyl sites for hydroxylation is 1. The van der Waals surface area contributed by atoms with Crippen molar-refractivity contribution in [2.24, 2.45) is 5.10 Å². The molecule has 26 heavy (non-hydrogen) atoms. The molecule has 0 spiro atoms. The third-order valence-corrected chi connectivity index (χ3v) is 4.90. The predicted molar refractivity (Wildman–Crippen MR) is 111 cm³/mol. The maximum atomic E-state index is 6.36. The Morgan fingerprint density at radius 3 is 2.35 bits per heavy atom. The van der Waals surface area contributed by atoms with E-state index in [-0.39, 0.29) is 0 Å². The lowest BCUT2D eigenvalue weighted by Crippen LogP contribution is -2.05. The Labute approximate surface area is 168 Å². The zero-order valence-electron chi connectivity index (χ0n) is 14.4. The number of hydrogen-bond donors (Lipinski definition) is 1. The highest BCUT2D eigenvalue weighted by Crippen LogP contribution is 2.28. The lowest BCUT2D eigenvalue weighted by Gasteiger charge is -2.11. The summed E-state index contributed by atoms with van der Waals surface area (Å²) in [5.74, 6) is 0. The molecule has 0 amide bonds. The van der Waals surface area contributed by atoms with Gasteiger partial charge in [0.1, 0.15) is 0 Å². The van der Waals surface area contributed by atoms with Gasteiger partial charge in [-0.2, -0.15) is 5.10 Å². The minimum absolute atomic E-state index is 0.614. The van der Waals surface area contributed by atoms with E-state index in [9.17, 15) is 0 Å². The second-order valence-corrected chi connectivity index (χ2v) is 7.26. The summed E-state index contributed by atoms with van der Waals surface area (Å²) in [4.78, 5) is 0. The molecule has 3 nitrogen and oxygen atoms in total. The Morgan fingerprint density at radius 1 is 0.962 bits per heavy atom. The molecule has 1 heterocycles. The number of hydrogen-bond acceptors (Lipinski definition) is 2. The number of halogens is 3. The smallest absolute Gasteiger partial charge is 0.0661 e. The van der Waals surface area contributed by atoms with E-state index in [0.717, 1.165) is 33.2 Å². The van der Waals surface area contributed by atoms with Crippen LogP contribution in [0.5, 0.6) is 0 Å². The van der Waals surface area contributed by atoms with Gasteiger partial charge in [0.05, 0.1) is 23.5 Å². The molecule has 3 aromatic rings. The Kier molecular flexibility index (Phi) is 5.92. The molecule has 134 valence electrons. The molecule has 2 aromatic carbocycles. The zero-order valence-corrected chi connectivity index (χ0v) is 16.7. The zero-order chi connectivity index (χ0) is 18.7. The van der Waals surface area contributed by atoms with Gasteiger partial charge in [-0.25, -0.2) is 0 Å². The second kappa shape index (κ2) is 8.17. The van der Waals surface area contributed by atoms with Gasteiger partial charge in [-0.15, -0.1) is 0 Å². The summed E-state index contributed by atoms with van der Waals surface area (Å²) in [6.07, 6.45) is 1.82. The van der Waals surface area contributed by atoms with Gasteiger partial charge in [0, 0.05) is 27.0 Å². The molecule has 0 saturated carbocycles. The minimum atomic E-state index is 0.614. The van der Waals surface area contributed by atoms with E-state index < -0.39 is 0 Å². The molecule has 0 radical (unpaired) electrons. The van der Waals surface area contributed by atoms with Crippen LogP contribution in [0.15, 0.2) is 53.6 Å². The molecular weight excluding hydrogens is 389 g/mol. The summed E-state index contributed by atoms with van der Waals surface area (Å²) < 4.78 is 2.10. The SMILES string of the molecule is Cc1cc(/C=N\NCc2ccc(Cl)cc2)c(C)n1-c1ccc(Cl)cc1Cl. The highest BCUT2D eigenvalue weighted by Gasteiger charge is 2.12.